The minimum absolute atomic E-state index is 0.104. The lowest BCUT2D eigenvalue weighted by Gasteiger charge is -2.36. The Balaban J connectivity index is 1.72. The number of carbonyl (C=O) groups is 2. The van der Waals surface area contributed by atoms with Crippen molar-refractivity contribution < 1.29 is 18.7 Å². The topological polar surface area (TPSA) is 79.7 Å². The fraction of sp³-hybridized carbons (Fsp3) is 0.233. The van der Waals surface area contributed by atoms with E-state index >= 15 is 4.39 Å². The second-order valence-corrected chi connectivity index (χ2v) is 11.4. The fourth-order valence-electron chi connectivity index (χ4n) is 5.91. The second-order valence-electron chi connectivity index (χ2n) is 10.5. The first-order valence-corrected chi connectivity index (χ1v) is 13.6. The molecule has 1 atom stereocenters. The summed E-state index contributed by atoms with van der Waals surface area (Å²) in [5.74, 6) is -0.707. The summed E-state index contributed by atoms with van der Waals surface area (Å²) in [5, 5.41) is 3.53. The number of pyridine rings is 1. The van der Waals surface area contributed by atoms with Crippen molar-refractivity contribution >= 4 is 52.2 Å². The molecule has 2 amide bonds. The van der Waals surface area contributed by atoms with Crippen LogP contribution in [-0.4, -0.2) is 42.6 Å². The number of amides is 2. The molecule has 0 saturated carbocycles. The van der Waals surface area contributed by atoms with Crippen LogP contribution in [0.3, 0.4) is 0 Å². The number of rotatable bonds is 5. The Hall–Kier alpha value is -4.08. The van der Waals surface area contributed by atoms with E-state index in [0.717, 1.165) is 0 Å². The maximum absolute atomic E-state index is 15.5. The van der Waals surface area contributed by atoms with Crippen molar-refractivity contribution in [2.24, 2.45) is 0 Å². The number of nitrogens with one attached hydrogen (secondary N) is 1. The standard InChI is InChI=1S/C30H26Cl2FN5O3/c1-15(2)27-26-18(14-37(27)23-13-34-25(36(3)4)12-24(23)41-5)28(39)38(22-11-17(32)7-9-20(22)33)30(26)19-8-6-16(31)10-21(19)35-29(30)40/h6-15H,1-5H3,(H,35,40). The molecule has 11 heteroatoms. The molecule has 2 aromatic heterocycles. The molecule has 210 valence electrons. The lowest BCUT2D eigenvalue weighted by molar-refractivity contribution is -0.119. The van der Waals surface area contributed by atoms with Gasteiger partial charge in [-0.3, -0.25) is 14.5 Å². The van der Waals surface area contributed by atoms with Gasteiger partial charge in [0.2, 0.25) is 0 Å². The lowest BCUT2D eigenvalue weighted by Crippen LogP contribution is -2.51. The van der Waals surface area contributed by atoms with Gasteiger partial charge in [0.25, 0.3) is 11.8 Å². The number of methoxy groups -OCH3 is 1. The van der Waals surface area contributed by atoms with E-state index < -0.39 is 23.2 Å². The van der Waals surface area contributed by atoms with Crippen LogP contribution in [-0.2, 0) is 10.3 Å². The van der Waals surface area contributed by atoms with E-state index in [2.05, 4.69) is 10.3 Å². The maximum Gasteiger partial charge on any atom is 0.261 e. The summed E-state index contributed by atoms with van der Waals surface area (Å²) < 4.78 is 23.1. The molecule has 2 aliphatic heterocycles. The summed E-state index contributed by atoms with van der Waals surface area (Å²) in [7, 11) is 5.31. The molecule has 0 radical (unpaired) electrons. The van der Waals surface area contributed by atoms with Crippen LogP contribution in [0.4, 0.5) is 21.6 Å². The third-order valence-electron chi connectivity index (χ3n) is 7.59. The average molecular weight is 594 g/mol. The van der Waals surface area contributed by atoms with Gasteiger partial charge in [-0.2, -0.15) is 0 Å². The van der Waals surface area contributed by atoms with Crippen LogP contribution >= 0.6 is 23.2 Å². The van der Waals surface area contributed by atoms with Crippen LogP contribution in [0, 0.1) is 5.82 Å². The average Bonchev–Trinajstić information content (AvgIpc) is 3.53. The minimum atomic E-state index is -1.73. The number of halogens is 3. The predicted octanol–water partition coefficient (Wildman–Crippen LogP) is 6.37. The molecule has 1 unspecified atom stereocenters. The predicted molar refractivity (Wildman–Crippen MR) is 158 cm³/mol. The van der Waals surface area contributed by atoms with E-state index in [-0.39, 0.29) is 22.2 Å². The molecule has 41 heavy (non-hydrogen) atoms. The summed E-state index contributed by atoms with van der Waals surface area (Å²) >= 11 is 12.6. The second kappa shape index (κ2) is 9.49. The zero-order chi connectivity index (χ0) is 29.4. The SMILES string of the molecule is COc1cc(N(C)C)ncc1-n1cc2c(c1C(C)C)C1(C(=O)Nc3cc(Cl)ccc31)N(c1cc(Cl)ccc1F)C2=O. The Bertz CT molecular complexity index is 1770. The third-order valence-corrected chi connectivity index (χ3v) is 8.06. The molecule has 6 rings (SSSR count). The Morgan fingerprint density at radius 2 is 1.76 bits per heavy atom. The van der Waals surface area contributed by atoms with E-state index in [9.17, 15) is 9.59 Å². The quantitative estimate of drug-likeness (QED) is 0.291. The molecular weight excluding hydrogens is 568 g/mol. The van der Waals surface area contributed by atoms with Gasteiger partial charge >= 0.3 is 0 Å². The molecule has 0 saturated heterocycles. The molecule has 2 aromatic carbocycles. The van der Waals surface area contributed by atoms with Gasteiger partial charge in [0.15, 0.2) is 5.54 Å². The highest BCUT2D eigenvalue weighted by molar-refractivity contribution is 6.32. The van der Waals surface area contributed by atoms with Gasteiger partial charge < -0.3 is 19.5 Å². The summed E-state index contributed by atoms with van der Waals surface area (Å²) in [6, 6.07) is 10.7. The van der Waals surface area contributed by atoms with Crippen molar-refractivity contribution in [3.05, 3.63) is 93.1 Å². The monoisotopic (exact) mass is 593 g/mol. The highest BCUT2D eigenvalue weighted by Gasteiger charge is 2.63. The van der Waals surface area contributed by atoms with Crippen molar-refractivity contribution in [3.63, 3.8) is 0 Å². The molecule has 0 fully saturated rings. The van der Waals surface area contributed by atoms with Crippen LogP contribution < -0.4 is 19.9 Å². The summed E-state index contributed by atoms with van der Waals surface area (Å²) in [4.78, 5) is 36.3. The van der Waals surface area contributed by atoms with Crippen LogP contribution in [0.2, 0.25) is 10.0 Å². The van der Waals surface area contributed by atoms with Gasteiger partial charge in [-0.05, 0) is 36.2 Å². The minimum Gasteiger partial charge on any atom is -0.494 e. The van der Waals surface area contributed by atoms with Crippen LogP contribution in [0.25, 0.3) is 5.69 Å². The van der Waals surface area contributed by atoms with E-state index in [4.69, 9.17) is 27.9 Å². The number of fused-ring (bicyclic) bond motifs is 4. The highest BCUT2D eigenvalue weighted by atomic mass is 35.5. The number of ether oxygens (including phenoxy) is 1. The summed E-state index contributed by atoms with van der Waals surface area (Å²) in [6.45, 7) is 3.94. The van der Waals surface area contributed by atoms with Crippen LogP contribution in [0.15, 0.2) is 54.9 Å². The number of nitrogens with zero attached hydrogens (tertiary/aromatic N) is 4. The molecule has 2 aliphatic rings. The molecule has 4 heterocycles. The summed E-state index contributed by atoms with van der Waals surface area (Å²) in [5.41, 5.74) is 1.06. The third kappa shape index (κ3) is 3.75. The van der Waals surface area contributed by atoms with Gasteiger partial charge in [-0.15, -0.1) is 0 Å². The van der Waals surface area contributed by atoms with E-state index in [1.54, 1.807) is 43.8 Å². The Morgan fingerprint density at radius 3 is 2.44 bits per heavy atom. The number of anilines is 3. The zero-order valence-corrected chi connectivity index (χ0v) is 24.4. The summed E-state index contributed by atoms with van der Waals surface area (Å²) in [6.07, 6.45) is 3.34. The van der Waals surface area contributed by atoms with Crippen LogP contribution in [0.5, 0.6) is 5.75 Å². The normalized spacial score (nSPS) is 17.3. The smallest absolute Gasteiger partial charge is 0.261 e. The molecule has 0 bridgehead atoms. The van der Waals surface area contributed by atoms with Gasteiger partial charge in [0.05, 0.1) is 24.6 Å². The van der Waals surface area contributed by atoms with Gasteiger partial charge in [0, 0.05) is 58.9 Å². The van der Waals surface area contributed by atoms with Crippen molar-refractivity contribution in [1.82, 2.24) is 9.55 Å². The first kappa shape index (κ1) is 27.1. The Kier molecular flexibility index (Phi) is 6.28. The number of aromatic nitrogens is 2. The Morgan fingerprint density at radius 1 is 1.05 bits per heavy atom. The van der Waals surface area contributed by atoms with Crippen molar-refractivity contribution in [3.8, 4) is 11.4 Å². The Labute approximate surface area is 246 Å². The lowest BCUT2D eigenvalue weighted by atomic mass is 9.81. The van der Waals surface area contributed by atoms with Crippen molar-refractivity contribution in [2.75, 3.05) is 36.3 Å². The van der Waals surface area contributed by atoms with Crippen molar-refractivity contribution in [2.45, 2.75) is 25.3 Å². The van der Waals surface area contributed by atoms with E-state index in [1.807, 2.05) is 37.4 Å². The highest BCUT2D eigenvalue weighted by Crippen LogP contribution is 2.56. The first-order chi connectivity index (χ1) is 19.5. The molecular formula is C30H26Cl2FN5O3. The fourth-order valence-corrected chi connectivity index (χ4v) is 6.25. The van der Waals surface area contributed by atoms with Gasteiger partial charge in [-0.1, -0.05) is 43.1 Å². The molecule has 1 spiro atoms. The molecule has 0 aliphatic carbocycles. The van der Waals surface area contributed by atoms with Gasteiger partial charge in [0.1, 0.15) is 23.1 Å². The van der Waals surface area contributed by atoms with Crippen molar-refractivity contribution in [1.29, 1.82) is 0 Å². The number of hydrogen-bond donors (Lipinski definition) is 1. The molecule has 8 nitrogen and oxygen atoms in total. The molecule has 1 N–H and O–H groups in total. The first-order valence-electron chi connectivity index (χ1n) is 12.9. The number of hydrogen-bond acceptors (Lipinski definition) is 5. The largest absolute Gasteiger partial charge is 0.494 e. The zero-order valence-electron chi connectivity index (χ0n) is 22.9. The van der Waals surface area contributed by atoms with Crippen LogP contribution in [0.1, 0.15) is 46.9 Å². The molecule has 4 aromatic rings. The van der Waals surface area contributed by atoms with E-state index in [0.29, 0.717) is 44.8 Å². The number of benzene rings is 2. The number of carbonyl (C=O) groups excluding carboxylic acids is 2. The van der Waals surface area contributed by atoms with Gasteiger partial charge in [-0.25, -0.2) is 9.37 Å². The van der Waals surface area contributed by atoms with E-state index in [1.165, 1.54) is 23.1 Å². The maximum atomic E-state index is 15.5.